The summed E-state index contributed by atoms with van der Waals surface area (Å²) in [6.07, 6.45) is 0.563. The number of H-pyrrole nitrogens is 2. The van der Waals surface area contributed by atoms with Crippen molar-refractivity contribution in [3.63, 3.8) is 0 Å². The Hall–Kier alpha value is -7.25. The zero-order chi connectivity index (χ0) is 44.7. The molecule has 0 fully saturated rings. The van der Waals surface area contributed by atoms with Crippen LogP contribution in [0, 0.1) is 13.8 Å². The summed E-state index contributed by atoms with van der Waals surface area (Å²) in [5, 5.41) is 5.52. The number of nitrogens with one attached hydrogen (secondary N) is 4. The lowest BCUT2D eigenvalue weighted by Gasteiger charge is -2.15. The molecule has 62 heavy (non-hydrogen) atoms. The highest BCUT2D eigenvalue weighted by Crippen LogP contribution is 2.32. The molecule has 0 aliphatic carbocycles. The number of nitrogen functional groups attached to an aromatic ring is 2. The second-order valence-electron chi connectivity index (χ2n) is 14.9. The highest BCUT2D eigenvalue weighted by Gasteiger charge is 2.35. The van der Waals surface area contributed by atoms with Crippen molar-refractivity contribution < 1.29 is 22.8 Å². The molecule has 0 atom stereocenters. The van der Waals surface area contributed by atoms with Gasteiger partial charge in [0.25, 0.3) is 11.8 Å². The molecule has 2 aromatic carbocycles. The topological polar surface area (TPSA) is 245 Å². The van der Waals surface area contributed by atoms with Gasteiger partial charge in [-0.3, -0.25) is 9.59 Å². The first-order chi connectivity index (χ1) is 29.3. The fourth-order valence-corrected chi connectivity index (χ4v) is 6.31. The van der Waals surface area contributed by atoms with Gasteiger partial charge in [-0.2, -0.15) is 13.2 Å². The molecule has 0 unspecified atom stereocenters. The number of hydrogen-bond donors (Lipinski definition) is 6. The van der Waals surface area contributed by atoms with E-state index in [1.807, 2.05) is 31.2 Å². The van der Waals surface area contributed by atoms with E-state index in [-0.39, 0.29) is 44.0 Å². The maximum absolute atomic E-state index is 12.9. The summed E-state index contributed by atoms with van der Waals surface area (Å²) in [6.45, 7) is 9.92. The molecule has 21 heteroatoms. The Morgan fingerprint density at radius 2 is 1.05 bits per heavy atom. The van der Waals surface area contributed by atoms with Gasteiger partial charge in [-0.05, 0) is 49.2 Å². The molecule has 0 aliphatic rings. The Morgan fingerprint density at radius 1 is 0.629 bits per heavy atom. The van der Waals surface area contributed by atoms with Crippen molar-refractivity contribution in [2.75, 3.05) is 22.1 Å². The van der Waals surface area contributed by atoms with Crippen LogP contribution in [-0.4, -0.2) is 61.7 Å². The number of nitrogens with two attached hydrogens (primary N) is 2. The normalized spacial score (nSPS) is 11.6. The molecule has 316 valence electrons. The summed E-state index contributed by atoms with van der Waals surface area (Å²) in [6, 6.07) is 14.4. The van der Waals surface area contributed by atoms with E-state index in [9.17, 15) is 22.8 Å². The number of alkyl halides is 3. The summed E-state index contributed by atoms with van der Waals surface area (Å²) in [5.41, 5.74) is 18.8. The predicted molar refractivity (Wildman–Crippen MR) is 231 cm³/mol. The van der Waals surface area contributed by atoms with E-state index >= 15 is 0 Å². The Balaban J connectivity index is 0.000000186. The number of fused-ring (bicyclic) bond motifs is 2. The highest BCUT2D eigenvalue weighted by atomic mass is 35.5. The van der Waals surface area contributed by atoms with Crippen LogP contribution in [0.15, 0.2) is 73.6 Å². The predicted octanol–water partition coefficient (Wildman–Crippen LogP) is 8.74. The minimum absolute atomic E-state index is 0.0227. The van der Waals surface area contributed by atoms with Gasteiger partial charge in [0.2, 0.25) is 5.82 Å². The average Bonchev–Trinajstić information content (AvgIpc) is 3.85. The number of aryl methyl sites for hydroxylation is 2. The highest BCUT2D eigenvalue weighted by molar-refractivity contribution is 6.36. The van der Waals surface area contributed by atoms with Crippen LogP contribution in [0.1, 0.15) is 64.5 Å². The summed E-state index contributed by atoms with van der Waals surface area (Å²) < 4.78 is 38.6. The molecular weight excluding hydrogens is 848 g/mol. The molecule has 8 N–H and O–H groups in total. The van der Waals surface area contributed by atoms with Gasteiger partial charge in [-0.25, -0.2) is 39.9 Å². The zero-order valence-corrected chi connectivity index (χ0v) is 34.9. The molecule has 8 aromatic rings. The Bertz CT molecular complexity index is 2830. The first-order valence-corrected chi connectivity index (χ1v) is 19.2. The third kappa shape index (κ3) is 9.08. The van der Waals surface area contributed by atoms with Crippen molar-refractivity contribution in [2.45, 2.75) is 46.2 Å². The van der Waals surface area contributed by atoms with Gasteiger partial charge in [0.1, 0.15) is 40.2 Å². The second kappa shape index (κ2) is 16.7. The van der Waals surface area contributed by atoms with Crippen molar-refractivity contribution in [3.8, 4) is 22.5 Å². The Kier molecular flexibility index (Phi) is 11.5. The number of aromatic amines is 2. The number of carbonyl (C=O) groups is 2. The van der Waals surface area contributed by atoms with Crippen LogP contribution in [0.3, 0.4) is 0 Å². The standard InChI is InChI=1S/C22H22ClN7O.C19H13ClF3N7O/c1-11-5-6-12(7-13(11)29-20(31)18-17(23)19(24)27-10-26-18)14-8-15-16(28-14)9-25-21(30-15)22(2,3)4;1-8-2-3-9(4-10(8)29-17(31)15-14(20)16(24)27-7-26-15)11-5-12-13(28-11)6-25-18(30-12)19(21,22)23/h5-10,28H,1-4H3,(H,29,31)(H2,24,26,27);2-7,28H,1H3,(H,29,31)(H2,24,26,27). The van der Waals surface area contributed by atoms with E-state index < -0.39 is 23.8 Å². The fraction of sp³-hybridized carbons (Fsp3) is 0.171. The summed E-state index contributed by atoms with van der Waals surface area (Å²) >= 11 is 12.1. The van der Waals surface area contributed by atoms with Gasteiger partial charge < -0.3 is 32.1 Å². The minimum Gasteiger partial charge on any atom is -0.382 e. The fourth-order valence-electron chi connectivity index (χ4n) is 5.94. The second-order valence-corrected chi connectivity index (χ2v) is 15.7. The quantitative estimate of drug-likeness (QED) is 0.0918. The third-order valence-electron chi connectivity index (χ3n) is 9.32. The van der Waals surface area contributed by atoms with Gasteiger partial charge in [0.15, 0.2) is 11.4 Å². The third-order valence-corrected chi connectivity index (χ3v) is 10.1. The van der Waals surface area contributed by atoms with Gasteiger partial charge in [0, 0.05) is 39.3 Å². The van der Waals surface area contributed by atoms with E-state index in [1.54, 1.807) is 31.3 Å². The summed E-state index contributed by atoms with van der Waals surface area (Å²) in [5.74, 6) is -1.45. The SMILES string of the molecule is Cc1ccc(-c2cc3nc(C(C)(C)C)ncc3[nH]2)cc1NC(=O)c1ncnc(N)c1Cl.Cc1ccc(-c2cc3nc(C(F)(F)F)ncc3[nH]2)cc1NC(=O)c1ncnc(N)c1Cl. The van der Waals surface area contributed by atoms with Crippen molar-refractivity contribution in [3.05, 3.63) is 118 Å². The average molecular weight is 884 g/mol. The number of carbonyl (C=O) groups excluding carboxylic acids is 2. The molecular formula is C41H35Cl2F3N14O2. The molecule has 0 bridgehead atoms. The number of halogens is 5. The lowest BCUT2D eigenvalue weighted by Crippen LogP contribution is -2.16. The molecule has 0 spiro atoms. The number of amides is 2. The van der Waals surface area contributed by atoms with Crippen LogP contribution in [-0.2, 0) is 11.6 Å². The Labute approximate surface area is 360 Å². The summed E-state index contributed by atoms with van der Waals surface area (Å²) in [7, 11) is 0. The zero-order valence-electron chi connectivity index (χ0n) is 33.4. The van der Waals surface area contributed by atoms with Crippen LogP contribution in [0.2, 0.25) is 10.0 Å². The van der Waals surface area contributed by atoms with Crippen LogP contribution < -0.4 is 22.1 Å². The first-order valence-electron chi connectivity index (χ1n) is 18.4. The van der Waals surface area contributed by atoms with E-state index in [0.717, 1.165) is 51.8 Å². The summed E-state index contributed by atoms with van der Waals surface area (Å²) in [4.78, 5) is 63.0. The van der Waals surface area contributed by atoms with Gasteiger partial charge in [-0.1, -0.05) is 68.2 Å². The molecule has 6 heterocycles. The Morgan fingerprint density at radius 3 is 1.47 bits per heavy atom. The lowest BCUT2D eigenvalue weighted by molar-refractivity contribution is -0.144. The van der Waals surface area contributed by atoms with Gasteiger partial charge in [-0.15, -0.1) is 0 Å². The van der Waals surface area contributed by atoms with Gasteiger partial charge >= 0.3 is 6.18 Å². The molecule has 0 aliphatic heterocycles. The molecule has 0 radical (unpaired) electrons. The van der Waals surface area contributed by atoms with Crippen LogP contribution in [0.5, 0.6) is 0 Å². The number of rotatable bonds is 6. The molecule has 0 saturated carbocycles. The number of nitrogens with zero attached hydrogens (tertiary/aromatic N) is 8. The number of aromatic nitrogens is 10. The molecule has 2 amide bonds. The first kappa shape index (κ1) is 42.9. The van der Waals surface area contributed by atoms with E-state index in [4.69, 9.17) is 34.7 Å². The van der Waals surface area contributed by atoms with E-state index in [2.05, 4.69) is 81.2 Å². The smallest absolute Gasteiger partial charge is 0.382 e. The number of benzene rings is 2. The number of hydrogen-bond acceptors (Lipinski definition) is 12. The van der Waals surface area contributed by atoms with Gasteiger partial charge in [0.05, 0.1) is 34.5 Å². The molecule has 16 nitrogen and oxygen atoms in total. The lowest BCUT2D eigenvalue weighted by atomic mass is 9.96. The van der Waals surface area contributed by atoms with Crippen molar-refractivity contribution >= 4 is 80.1 Å². The van der Waals surface area contributed by atoms with Crippen molar-refractivity contribution in [1.82, 2.24) is 49.8 Å². The van der Waals surface area contributed by atoms with Crippen molar-refractivity contribution in [2.24, 2.45) is 0 Å². The largest absolute Gasteiger partial charge is 0.451 e. The van der Waals surface area contributed by atoms with Crippen LogP contribution in [0.25, 0.3) is 44.6 Å². The number of anilines is 4. The van der Waals surface area contributed by atoms with Crippen LogP contribution in [0.4, 0.5) is 36.2 Å². The monoisotopic (exact) mass is 882 g/mol. The molecule has 6 aromatic heterocycles. The van der Waals surface area contributed by atoms with E-state index in [1.165, 1.54) is 12.4 Å². The maximum atomic E-state index is 12.9. The van der Waals surface area contributed by atoms with Crippen molar-refractivity contribution in [1.29, 1.82) is 0 Å². The maximum Gasteiger partial charge on any atom is 0.451 e. The van der Waals surface area contributed by atoms with Crippen LogP contribution >= 0.6 is 23.2 Å². The molecule has 8 rings (SSSR count). The minimum atomic E-state index is -4.64. The molecule has 0 saturated heterocycles. The van der Waals surface area contributed by atoms with E-state index in [0.29, 0.717) is 28.1 Å².